The highest BCUT2D eigenvalue weighted by molar-refractivity contribution is 6.16. The first-order valence-corrected chi connectivity index (χ1v) is 13.0. The number of aromatic hydroxyl groups is 1. The fourth-order valence-corrected chi connectivity index (χ4v) is 8.21. The number of para-hydroxylation sites is 1. The molecule has 3 aromatic carbocycles. The van der Waals surface area contributed by atoms with Crippen LogP contribution >= 0.6 is 0 Å². The molecule has 2 saturated carbocycles. The topological polar surface area (TPSA) is 25.2 Å². The Labute approximate surface area is 196 Å². The van der Waals surface area contributed by atoms with Crippen molar-refractivity contribution in [3.05, 3.63) is 65.7 Å². The van der Waals surface area contributed by atoms with E-state index in [0.29, 0.717) is 23.5 Å². The Bertz CT molecular complexity index is 1390. The van der Waals surface area contributed by atoms with Crippen molar-refractivity contribution >= 4 is 21.8 Å². The maximum absolute atomic E-state index is 11.5. The Kier molecular flexibility index (Phi) is 4.26. The normalized spacial score (nSPS) is 27.0. The zero-order valence-corrected chi connectivity index (χ0v) is 19.7. The number of aromatic nitrogens is 1. The lowest BCUT2D eigenvalue weighted by Gasteiger charge is -2.49. The summed E-state index contributed by atoms with van der Waals surface area (Å²) in [5, 5.41) is 13.6. The van der Waals surface area contributed by atoms with Gasteiger partial charge < -0.3 is 9.67 Å². The Balaban J connectivity index is 1.59. The Morgan fingerprint density at radius 2 is 1.61 bits per heavy atom. The molecule has 2 nitrogen and oxygen atoms in total. The second-order valence-electron chi connectivity index (χ2n) is 11.1. The smallest absolute Gasteiger partial charge is 0.125 e. The number of fused-ring (bicyclic) bond motifs is 10. The second kappa shape index (κ2) is 7.13. The second-order valence-corrected chi connectivity index (χ2v) is 11.1. The molecule has 0 radical (unpaired) electrons. The highest BCUT2D eigenvalue weighted by Gasteiger charge is 2.47. The molecule has 1 N–H and O–H groups in total. The van der Waals surface area contributed by atoms with Crippen molar-refractivity contribution in [1.82, 2.24) is 4.57 Å². The van der Waals surface area contributed by atoms with Crippen molar-refractivity contribution in [2.45, 2.75) is 57.3 Å². The van der Waals surface area contributed by atoms with Gasteiger partial charge >= 0.3 is 0 Å². The maximum atomic E-state index is 11.5. The largest absolute Gasteiger partial charge is 0.507 e. The van der Waals surface area contributed by atoms with Crippen molar-refractivity contribution in [1.29, 1.82) is 0 Å². The molecular weight excluding hydrogens is 402 g/mol. The molecule has 3 aliphatic rings. The highest BCUT2D eigenvalue weighted by Crippen LogP contribution is 2.62. The number of hydrogen-bond acceptors (Lipinski definition) is 1. The van der Waals surface area contributed by atoms with E-state index in [0.717, 1.165) is 22.6 Å². The summed E-state index contributed by atoms with van der Waals surface area (Å²) in [6.07, 6.45) is 8.23. The fraction of sp³-hybridized carbons (Fsp3) is 0.419. The van der Waals surface area contributed by atoms with Crippen LogP contribution < -0.4 is 0 Å². The number of phenols is 1. The van der Waals surface area contributed by atoms with Crippen LogP contribution in [0.1, 0.15) is 68.4 Å². The predicted molar refractivity (Wildman–Crippen MR) is 137 cm³/mol. The molecule has 168 valence electrons. The third kappa shape index (κ3) is 2.61. The van der Waals surface area contributed by atoms with Gasteiger partial charge in [-0.1, -0.05) is 75.1 Å². The van der Waals surface area contributed by atoms with Crippen LogP contribution in [0.2, 0.25) is 0 Å². The van der Waals surface area contributed by atoms with Crippen LogP contribution in [0.4, 0.5) is 0 Å². The SMILES string of the molecule is CC1CCC(C2CCCC2)C2c3cc(O)c4c5ccccc5n(C)c4c3-c3ccccc3C12. The molecule has 1 aromatic heterocycles. The molecular formula is C31H33NO. The molecule has 0 amide bonds. The average Bonchev–Trinajstić information content (AvgIpc) is 3.47. The lowest BCUT2D eigenvalue weighted by atomic mass is 9.55. The van der Waals surface area contributed by atoms with Gasteiger partial charge in [-0.25, -0.2) is 0 Å². The van der Waals surface area contributed by atoms with Gasteiger partial charge in [-0.2, -0.15) is 0 Å². The zero-order chi connectivity index (χ0) is 22.3. The highest BCUT2D eigenvalue weighted by atomic mass is 16.3. The third-order valence-corrected chi connectivity index (χ3v) is 9.55. The predicted octanol–water partition coefficient (Wildman–Crippen LogP) is 8.12. The Morgan fingerprint density at radius 3 is 2.45 bits per heavy atom. The minimum absolute atomic E-state index is 0.460. The van der Waals surface area contributed by atoms with Crippen LogP contribution in [-0.4, -0.2) is 9.67 Å². The number of aryl methyl sites for hydroxylation is 1. The minimum atomic E-state index is 0.460. The fourth-order valence-electron chi connectivity index (χ4n) is 8.21. The van der Waals surface area contributed by atoms with Crippen LogP contribution in [0.25, 0.3) is 32.9 Å². The van der Waals surface area contributed by atoms with Gasteiger partial charge in [0.25, 0.3) is 0 Å². The summed E-state index contributed by atoms with van der Waals surface area (Å²) in [4.78, 5) is 0. The molecule has 4 unspecified atom stereocenters. The molecule has 2 heteroatoms. The molecule has 0 bridgehead atoms. The molecule has 0 spiro atoms. The van der Waals surface area contributed by atoms with E-state index in [1.807, 2.05) is 0 Å². The number of rotatable bonds is 1. The summed E-state index contributed by atoms with van der Waals surface area (Å²) >= 11 is 0. The van der Waals surface area contributed by atoms with E-state index in [2.05, 4.69) is 73.1 Å². The van der Waals surface area contributed by atoms with Gasteiger partial charge in [0.05, 0.1) is 5.52 Å². The maximum Gasteiger partial charge on any atom is 0.125 e. The molecule has 4 atom stereocenters. The van der Waals surface area contributed by atoms with E-state index in [4.69, 9.17) is 0 Å². The number of hydrogen-bond donors (Lipinski definition) is 1. The summed E-state index contributed by atoms with van der Waals surface area (Å²) < 4.78 is 2.33. The van der Waals surface area contributed by atoms with Gasteiger partial charge in [0.2, 0.25) is 0 Å². The van der Waals surface area contributed by atoms with Crippen LogP contribution in [0, 0.1) is 17.8 Å². The van der Waals surface area contributed by atoms with Gasteiger partial charge in [-0.05, 0) is 71.3 Å². The molecule has 2 fully saturated rings. The van der Waals surface area contributed by atoms with E-state index in [1.165, 1.54) is 66.2 Å². The number of phenolic OH excluding ortho intramolecular Hbond substituents is 1. The summed E-state index contributed by atoms with van der Waals surface area (Å²) in [5.74, 6) is 3.77. The summed E-state index contributed by atoms with van der Waals surface area (Å²) in [6, 6.07) is 19.9. The zero-order valence-electron chi connectivity index (χ0n) is 19.7. The van der Waals surface area contributed by atoms with Gasteiger partial charge in [0, 0.05) is 28.9 Å². The van der Waals surface area contributed by atoms with Crippen LogP contribution in [0.3, 0.4) is 0 Å². The average molecular weight is 436 g/mol. The van der Waals surface area contributed by atoms with E-state index in [-0.39, 0.29) is 0 Å². The quantitative estimate of drug-likeness (QED) is 0.321. The monoisotopic (exact) mass is 435 g/mol. The van der Waals surface area contributed by atoms with Crippen molar-refractivity contribution in [3.63, 3.8) is 0 Å². The standard InChI is InChI=1S/C31H33NO/c1-18-15-16-20(19-9-3-4-10-19)28-24-17-26(33)30-23-13-7-8-14-25(23)32(2)31(30)29(24)22-12-6-5-11-21(22)27(18)28/h5-8,11-14,17-20,27-28,33H,3-4,9-10,15-16H2,1-2H3. The van der Waals surface area contributed by atoms with Crippen LogP contribution in [0.15, 0.2) is 54.6 Å². The summed E-state index contributed by atoms with van der Waals surface area (Å²) in [7, 11) is 2.18. The Morgan fingerprint density at radius 1 is 0.848 bits per heavy atom. The molecule has 3 aliphatic carbocycles. The molecule has 0 saturated heterocycles. The molecule has 7 rings (SSSR count). The molecule has 4 aromatic rings. The first kappa shape index (κ1) is 19.7. The Hall–Kier alpha value is -2.74. The van der Waals surface area contributed by atoms with Gasteiger partial charge in [0.15, 0.2) is 0 Å². The van der Waals surface area contributed by atoms with Crippen molar-refractivity contribution < 1.29 is 5.11 Å². The van der Waals surface area contributed by atoms with Gasteiger partial charge in [-0.15, -0.1) is 0 Å². The first-order valence-electron chi connectivity index (χ1n) is 13.0. The lowest BCUT2D eigenvalue weighted by molar-refractivity contribution is 0.151. The molecule has 0 aliphatic heterocycles. The van der Waals surface area contributed by atoms with Crippen molar-refractivity contribution in [2.75, 3.05) is 0 Å². The number of nitrogens with zero attached hydrogens (tertiary/aromatic N) is 1. The van der Waals surface area contributed by atoms with Gasteiger partial charge in [0.1, 0.15) is 5.75 Å². The van der Waals surface area contributed by atoms with E-state index < -0.39 is 0 Å². The van der Waals surface area contributed by atoms with E-state index in [1.54, 1.807) is 5.56 Å². The lowest BCUT2D eigenvalue weighted by Crippen LogP contribution is -2.36. The van der Waals surface area contributed by atoms with Crippen LogP contribution in [0.5, 0.6) is 5.75 Å². The van der Waals surface area contributed by atoms with Crippen LogP contribution in [-0.2, 0) is 7.05 Å². The number of benzene rings is 3. The van der Waals surface area contributed by atoms with Gasteiger partial charge in [-0.3, -0.25) is 0 Å². The summed E-state index contributed by atoms with van der Waals surface area (Å²) in [5.41, 5.74) is 8.14. The molecule has 1 heterocycles. The summed E-state index contributed by atoms with van der Waals surface area (Å²) in [6.45, 7) is 2.47. The van der Waals surface area contributed by atoms with Crippen molar-refractivity contribution in [3.8, 4) is 16.9 Å². The third-order valence-electron chi connectivity index (χ3n) is 9.55. The first-order chi connectivity index (χ1) is 16.1. The van der Waals surface area contributed by atoms with E-state index in [9.17, 15) is 5.11 Å². The van der Waals surface area contributed by atoms with E-state index >= 15 is 0 Å². The molecule has 33 heavy (non-hydrogen) atoms. The van der Waals surface area contributed by atoms with Crippen molar-refractivity contribution in [2.24, 2.45) is 24.8 Å². The minimum Gasteiger partial charge on any atom is -0.507 e.